The molecule has 0 spiro atoms. The number of ether oxygens (including phenoxy) is 4. The van der Waals surface area contributed by atoms with Crippen molar-refractivity contribution in [3.8, 4) is 0 Å². The van der Waals surface area contributed by atoms with Crippen LogP contribution in [0.1, 0.15) is 395 Å². The molecule has 0 saturated heterocycles. The third-order valence-corrected chi connectivity index (χ3v) is 20.1. The van der Waals surface area contributed by atoms with Gasteiger partial charge in [-0.15, -0.1) is 0 Å². The van der Waals surface area contributed by atoms with Gasteiger partial charge in [-0.3, -0.25) is 37.3 Å². The Bertz CT molecular complexity index is 1870. The maximum absolute atomic E-state index is 13.1. The van der Waals surface area contributed by atoms with Gasteiger partial charge >= 0.3 is 39.5 Å². The monoisotopic (exact) mass is 1410 g/mol. The summed E-state index contributed by atoms with van der Waals surface area (Å²) in [6.45, 7) is 11.9. The summed E-state index contributed by atoms with van der Waals surface area (Å²) in [5.74, 6) is 0.175. The van der Waals surface area contributed by atoms with Crippen molar-refractivity contribution in [3.05, 3.63) is 0 Å². The summed E-state index contributed by atoms with van der Waals surface area (Å²) in [6.07, 6.45) is 54.1. The zero-order valence-corrected chi connectivity index (χ0v) is 64.6. The van der Waals surface area contributed by atoms with Crippen molar-refractivity contribution < 1.29 is 80.2 Å². The van der Waals surface area contributed by atoms with Crippen LogP contribution >= 0.6 is 15.6 Å². The minimum Gasteiger partial charge on any atom is -0.462 e. The molecule has 96 heavy (non-hydrogen) atoms. The van der Waals surface area contributed by atoms with Crippen LogP contribution in [0, 0.1) is 17.8 Å². The lowest BCUT2D eigenvalue weighted by Gasteiger charge is -2.21. The Kier molecular flexibility index (Phi) is 66.2. The van der Waals surface area contributed by atoms with Crippen LogP contribution in [0.3, 0.4) is 0 Å². The van der Waals surface area contributed by atoms with Gasteiger partial charge in [0.1, 0.15) is 19.3 Å². The molecule has 0 heterocycles. The molecular formula is C77H150O17P2. The van der Waals surface area contributed by atoms with Gasteiger partial charge in [0.2, 0.25) is 0 Å². The van der Waals surface area contributed by atoms with E-state index in [0.717, 1.165) is 114 Å². The number of unbranched alkanes of at least 4 members (excludes halogenated alkanes) is 42. The van der Waals surface area contributed by atoms with Crippen molar-refractivity contribution in [2.75, 3.05) is 39.6 Å². The molecular weight excluding hydrogens is 1260 g/mol. The highest BCUT2D eigenvalue weighted by molar-refractivity contribution is 7.47. The number of phosphoric acid groups is 2. The Morgan fingerprint density at radius 3 is 0.792 bits per heavy atom. The van der Waals surface area contributed by atoms with Gasteiger partial charge in [0.25, 0.3) is 0 Å². The summed E-state index contributed by atoms with van der Waals surface area (Å²) in [6, 6.07) is 0. The maximum atomic E-state index is 13.1. The molecule has 0 amide bonds. The smallest absolute Gasteiger partial charge is 0.462 e. The summed E-state index contributed by atoms with van der Waals surface area (Å²) in [7, 11) is -9.91. The fourth-order valence-electron chi connectivity index (χ4n) is 11.7. The average molecular weight is 1410 g/mol. The zero-order valence-electron chi connectivity index (χ0n) is 62.8. The molecule has 6 atom stereocenters. The summed E-state index contributed by atoms with van der Waals surface area (Å²) in [4.78, 5) is 72.8. The van der Waals surface area contributed by atoms with E-state index in [4.69, 9.17) is 37.0 Å². The highest BCUT2D eigenvalue weighted by Gasteiger charge is 2.30. The van der Waals surface area contributed by atoms with E-state index < -0.39 is 97.5 Å². The largest absolute Gasteiger partial charge is 0.472 e. The second kappa shape index (κ2) is 67.5. The molecule has 17 nitrogen and oxygen atoms in total. The third-order valence-electron chi connectivity index (χ3n) is 18.2. The van der Waals surface area contributed by atoms with Crippen molar-refractivity contribution in [3.63, 3.8) is 0 Å². The standard InChI is InChI=1S/C77H150O17P2/c1-8-10-11-12-13-14-15-16-22-25-31-36-44-51-58-74(79)87-64-72(93-76(81)60-53-46-37-32-26-23-20-18-17-19-21-24-29-34-41-48-55-68(3)4)66-91-95(83,84)89-62-71(78)63-90-96(85,86)92-67-73(65-88-75(80)59-52-45-40-39-43-50-57-70(7)9-2)94-77(82)61-54-47-38-33-28-27-30-35-42-49-56-69(5)6/h68-73,78H,8-67H2,1-7H3,(H,83,84)(H,85,86)/t70?,71-,72-,73-/m1/s1. The van der Waals surface area contributed by atoms with Gasteiger partial charge in [-0.2, -0.15) is 0 Å². The molecule has 570 valence electrons. The number of carbonyl (C=O) groups excluding carboxylic acids is 4. The fraction of sp³-hybridized carbons (Fsp3) is 0.948. The fourth-order valence-corrected chi connectivity index (χ4v) is 13.3. The van der Waals surface area contributed by atoms with E-state index in [-0.39, 0.29) is 25.7 Å². The molecule has 0 aromatic rings. The van der Waals surface area contributed by atoms with Gasteiger partial charge in [0, 0.05) is 25.7 Å². The molecule has 0 aliphatic heterocycles. The van der Waals surface area contributed by atoms with Gasteiger partial charge in [0.15, 0.2) is 12.2 Å². The highest BCUT2D eigenvalue weighted by atomic mass is 31.2. The molecule has 0 saturated carbocycles. The molecule has 0 radical (unpaired) electrons. The van der Waals surface area contributed by atoms with Crippen LogP contribution < -0.4 is 0 Å². The molecule has 3 N–H and O–H groups in total. The minimum absolute atomic E-state index is 0.105. The third kappa shape index (κ3) is 69.2. The number of phosphoric ester groups is 2. The predicted molar refractivity (Wildman–Crippen MR) is 391 cm³/mol. The number of rotatable bonds is 75. The van der Waals surface area contributed by atoms with E-state index in [1.54, 1.807) is 0 Å². The topological polar surface area (TPSA) is 237 Å². The summed E-state index contributed by atoms with van der Waals surface area (Å²) in [5.41, 5.74) is 0. The Labute approximate surface area is 588 Å². The van der Waals surface area contributed by atoms with E-state index in [1.165, 1.54) is 199 Å². The Hall–Kier alpha value is -1.94. The van der Waals surface area contributed by atoms with Gasteiger partial charge in [0.05, 0.1) is 26.4 Å². The molecule has 19 heteroatoms. The molecule has 0 aliphatic carbocycles. The molecule has 0 aromatic heterocycles. The lowest BCUT2D eigenvalue weighted by atomic mass is 10.00. The van der Waals surface area contributed by atoms with Crippen molar-refractivity contribution >= 4 is 39.5 Å². The normalized spacial score (nSPS) is 14.3. The maximum Gasteiger partial charge on any atom is 0.472 e. The first kappa shape index (κ1) is 94.1. The lowest BCUT2D eigenvalue weighted by molar-refractivity contribution is -0.161. The SMILES string of the molecule is CCCCCCCCCCCCCCCCC(=O)OC[C@H](COP(=O)(O)OC[C@@H](O)COP(=O)(O)OC[C@@H](COC(=O)CCCCCCCCC(C)CC)OC(=O)CCCCCCCCCCCCC(C)C)OC(=O)CCCCCCCCCCCCCCCCCCC(C)C. The Balaban J connectivity index is 5.24. The van der Waals surface area contributed by atoms with Crippen molar-refractivity contribution in [2.45, 2.75) is 414 Å². The molecule has 0 rings (SSSR count). The minimum atomic E-state index is -4.96. The van der Waals surface area contributed by atoms with Crippen LogP contribution in [0.2, 0.25) is 0 Å². The van der Waals surface area contributed by atoms with Crippen LogP contribution in [-0.4, -0.2) is 96.7 Å². The average Bonchev–Trinajstić information content (AvgIpc) is 2.11. The van der Waals surface area contributed by atoms with Crippen LogP contribution in [-0.2, 0) is 65.4 Å². The first-order valence-electron chi connectivity index (χ1n) is 39.9. The number of esters is 4. The van der Waals surface area contributed by atoms with Crippen molar-refractivity contribution in [1.82, 2.24) is 0 Å². The van der Waals surface area contributed by atoms with E-state index in [0.29, 0.717) is 25.7 Å². The van der Waals surface area contributed by atoms with E-state index in [1.807, 2.05) is 0 Å². The van der Waals surface area contributed by atoms with Gasteiger partial charge in [-0.25, -0.2) is 9.13 Å². The quantitative estimate of drug-likeness (QED) is 0.0222. The number of aliphatic hydroxyl groups is 1. The molecule has 0 aliphatic rings. The molecule has 3 unspecified atom stereocenters. The van der Waals surface area contributed by atoms with Crippen molar-refractivity contribution in [1.29, 1.82) is 0 Å². The van der Waals surface area contributed by atoms with Crippen LogP contribution in [0.25, 0.3) is 0 Å². The van der Waals surface area contributed by atoms with Crippen LogP contribution in [0.5, 0.6) is 0 Å². The Morgan fingerprint density at radius 1 is 0.302 bits per heavy atom. The lowest BCUT2D eigenvalue weighted by Crippen LogP contribution is -2.30. The predicted octanol–water partition coefficient (Wildman–Crippen LogP) is 22.6. The number of hydrogen-bond acceptors (Lipinski definition) is 15. The van der Waals surface area contributed by atoms with Crippen LogP contribution in [0.4, 0.5) is 0 Å². The summed E-state index contributed by atoms with van der Waals surface area (Å²) in [5, 5.41) is 10.6. The molecule has 0 fully saturated rings. The zero-order chi connectivity index (χ0) is 70.9. The second-order valence-electron chi connectivity index (χ2n) is 28.9. The van der Waals surface area contributed by atoms with Crippen LogP contribution in [0.15, 0.2) is 0 Å². The van der Waals surface area contributed by atoms with Gasteiger partial charge in [-0.1, -0.05) is 344 Å². The van der Waals surface area contributed by atoms with E-state index in [2.05, 4.69) is 48.5 Å². The first-order valence-corrected chi connectivity index (χ1v) is 42.9. The summed E-state index contributed by atoms with van der Waals surface area (Å²) < 4.78 is 68.6. The number of hydrogen-bond donors (Lipinski definition) is 3. The van der Waals surface area contributed by atoms with E-state index >= 15 is 0 Å². The molecule has 0 aromatic carbocycles. The second-order valence-corrected chi connectivity index (χ2v) is 31.8. The highest BCUT2D eigenvalue weighted by Crippen LogP contribution is 2.45. The van der Waals surface area contributed by atoms with Gasteiger partial charge in [-0.05, 0) is 43.4 Å². The molecule has 0 bridgehead atoms. The number of aliphatic hydroxyl groups excluding tert-OH is 1. The number of carbonyl (C=O) groups is 4. The van der Waals surface area contributed by atoms with Crippen molar-refractivity contribution in [2.24, 2.45) is 17.8 Å². The van der Waals surface area contributed by atoms with E-state index in [9.17, 15) is 43.2 Å². The Morgan fingerprint density at radius 2 is 0.531 bits per heavy atom. The first-order chi connectivity index (χ1) is 46.3. The summed E-state index contributed by atoms with van der Waals surface area (Å²) >= 11 is 0. The van der Waals surface area contributed by atoms with Gasteiger partial charge < -0.3 is 33.8 Å².